The van der Waals surface area contributed by atoms with Gasteiger partial charge in [-0.1, -0.05) is 12.1 Å². The highest BCUT2D eigenvalue weighted by molar-refractivity contribution is 5.60. The largest absolute Gasteiger partial charge is 0.306 e. The van der Waals surface area contributed by atoms with Gasteiger partial charge in [-0.15, -0.1) is 0 Å². The minimum atomic E-state index is -3.66. The number of alkyl halides is 2. The Bertz CT molecular complexity index is 349. The van der Waals surface area contributed by atoms with Crippen LogP contribution < -0.4 is 0 Å². The molecule has 1 rings (SSSR count). The van der Waals surface area contributed by atoms with E-state index in [9.17, 15) is 22.4 Å². The smallest absolute Gasteiger partial charge is 0.297 e. The van der Waals surface area contributed by atoms with Crippen LogP contribution in [0.4, 0.5) is 17.6 Å². The van der Waals surface area contributed by atoms with Crippen LogP contribution in [0.3, 0.4) is 0 Å². The van der Waals surface area contributed by atoms with Gasteiger partial charge in [0, 0.05) is 6.42 Å². The van der Waals surface area contributed by atoms with Crippen LogP contribution in [-0.2, 0) is 11.2 Å². The summed E-state index contributed by atoms with van der Waals surface area (Å²) in [4.78, 5) is 9.86. The summed E-state index contributed by atoms with van der Waals surface area (Å²) >= 11 is 0. The summed E-state index contributed by atoms with van der Waals surface area (Å²) in [6, 6.07) is 2.93. The second-order valence-electron chi connectivity index (χ2n) is 2.77. The van der Waals surface area contributed by atoms with E-state index in [1.165, 1.54) is 0 Å². The van der Waals surface area contributed by atoms with E-state index in [-0.39, 0.29) is 0 Å². The minimum Gasteiger partial charge on any atom is -0.297 e. The first kappa shape index (κ1) is 10.7. The first-order valence-electron chi connectivity index (χ1n) is 3.73. The third-order valence-electron chi connectivity index (χ3n) is 1.63. The molecule has 0 aliphatic carbocycles. The second-order valence-corrected chi connectivity index (χ2v) is 2.77. The molecule has 1 aromatic rings. The molecule has 5 heteroatoms. The van der Waals surface area contributed by atoms with Gasteiger partial charge >= 0.3 is 5.92 Å². The Hall–Kier alpha value is -1.39. The van der Waals surface area contributed by atoms with Gasteiger partial charge in [0.1, 0.15) is 0 Å². The SMILES string of the molecule is O=CC(F)(F)Cc1cccc(F)c1F. The molecule has 0 fully saturated rings. The van der Waals surface area contributed by atoms with Crippen molar-refractivity contribution in [2.45, 2.75) is 12.3 Å². The van der Waals surface area contributed by atoms with Crippen LogP contribution in [0.2, 0.25) is 0 Å². The van der Waals surface area contributed by atoms with Crippen LogP contribution >= 0.6 is 0 Å². The van der Waals surface area contributed by atoms with E-state index in [0.717, 1.165) is 18.2 Å². The van der Waals surface area contributed by atoms with Crippen molar-refractivity contribution in [3.05, 3.63) is 35.4 Å². The maximum Gasteiger partial charge on any atom is 0.306 e. The first-order chi connectivity index (χ1) is 6.46. The van der Waals surface area contributed by atoms with Crippen molar-refractivity contribution in [1.82, 2.24) is 0 Å². The van der Waals surface area contributed by atoms with Crippen LogP contribution in [0.1, 0.15) is 5.56 Å². The number of hydrogen-bond acceptors (Lipinski definition) is 1. The summed E-state index contributed by atoms with van der Waals surface area (Å²) in [5.41, 5.74) is -0.512. The molecule has 0 saturated heterocycles. The fourth-order valence-electron chi connectivity index (χ4n) is 0.981. The summed E-state index contributed by atoms with van der Waals surface area (Å²) in [5.74, 6) is -6.20. The van der Waals surface area contributed by atoms with E-state index in [0.29, 0.717) is 0 Å². The van der Waals surface area contributed by atoms with E-state index in [1.54, 1.807) is 0 Å². The molecule has 0 amide bonds. The molecule has 0 bridgehead atoms. The molecule has 1 aromatic carbocycles. The average molecular weight is 206 g/mol. The zero-order chi connectivity index (χ0) is 10.8. The molecule has 0 heterocycles. The van der Waals surface area contributed by atoms with Crippen LogP contribution in [0.15, 0.2) is 18.2 Å². The number of carbonyl (C=O) groups is 1. The van der Waals surface area contributed by atoms with Crippen molar-refractivity contribution < 1.29 is 22.4 Å². The number of benzene rings is 1. The van der Waals surface area contributed by atoms with Crippen LogP contribution in [0.25, 0.3) is 0 Å². The van der Waals surface area contributed by atoms with E-state index in [2.05, 4.69) is 0 Å². The van der Waals surface area contributed by atoms with E-state index in [4.69, 9.17) is 0 Å². The molecule has 0 aliphatic heterocycles. The topological polar surface area (TPSA) is 17.1 Å². The lowest BCUT2D eigenvalue weighted by atomic mass is 10.1. The second kappa shape index (κ2) is 3.77. The number of hydrogen-bond donors (Lipinski definition) is 0. The molecule has 14 heavy (non-hydrogen) atoms. The zero-order valence-electron chi connectivity index (χ0n) is 6.94. The Morgan fingerprint density at radius 3 is 2.50 bits per heavy atom. The lowest BCUT2D eigenvalue weighted by Gasteiger charge is -2.09. The van der Waals surface area contributed by atoms with Gasteiger partial charge in [-0.3, -0.25) is 4.79 Å². The van der Waals surface area contributed by atoms with Gasteiger partial charge in [-0.05, 0) is 11.6 Å². The van der Waals surface area contributed by atoms with Crippen molar-refractivity contribution in [3.63, 3.8) is 0 Å². The summed E-state index contributed by atoms with van der Waals surface area (Å²) in [7, 11) is 0. The maximum absolute atomic E-state index is 12.8. The van der Waals surface area contributed by atoms with Gasteiger partial charge in [-0.2, -0.15) is 8.78 Å². The van der Waals surface area contributed by atoms with Gasteiger partial charge in [0.05, 0.1) is 0 Å². The van der Waals surface area contributed by atoms with Crippen molar-refractivity contribution in [2.24, 2.45) is 0 Å². The van der Waals surface area contributed by atoms with Crippen molar-refractivity contribution in [3.8, 4) is 0 Å². The molecule has 0 atom stereocenters. The van der Waals surface area contributed by atoms with Gasteiger partial charge in [0.15, 0.2) is 17.9 Å². The Morgan fingerprint density at radius 1 is 1.29 bits per heavy atom. The molecule has 76 valence electrons. The number of halogens is 4. The molecule has 0 N–H and O–H groups in total. The first-order valence-corrected chi connectivity index (χ1v) is 3.73. The van der Waals surface area contributed by atoms with Crippen molar-refractivity contribution >= 4 is 6.29 Å². The third-order valence-corrected chi connectivity index (χ3v) is 1.63. The predicted octanol–water partition coefficient (Wildman–Crippen LogP) is 2.34. The third kappa shape index (κ3) is 2.31. The molecular formula is C9H6F4O. The zero-order valence-corrected chi connectivity index (χ0v) is 6.94. The summed E-state index contributed by atoms with van der Waals surface area (Å²) in [6.07, 6.45) is -1.71. The minimum absolute atomic E-state index is 0.512. The predicted molar refractivity (Wildman–Crippen MR) is 41.1 cm³/mol. The quantitative estimate of drug-likeness (QED) is 0.548. The van der Waals surface area contributed by atoms with Crippen molar-refractivity contribution in [1.29, 1.82) is 0 Å². The van der Waals surface area contributed by atoms with Crippen LogP contribution in [-0.4, -0.2) is 12.2 Å². The molecule has 0 aromatic heterocycles. The fourth-order valence-corrected chi connectivity index (χ4v) is 0.981. The summed E-state index contributed by atoms with van der Waals surface area (Å²) in [5, 5.41) is 0. The molecule has 0 radical (unpaired) electrons. The summed E-state index contributed by atoms with van der Waals surface area (Å²) in [6.45, 7) is 0. The van der Waals surface area contributed by atoms with Crippen LogP contribution in [0, 0.1) is 11.6 Å². The highest BCUT2D eigenvalue weighted by atomic mass is 19.3. The molecule has 0 spiro atoms. The standard InChI is InChI=1S/C9H6F4O/c10-7-3-1-2-6(8(7)11)4-9(12,13)5-14/h1-3,5H,4H2. The Kier molecular flexibility index (Phi) is 2.88. The van der Waals surface area contributed by atoms with E-state index in [1.807, 2.05) is 0 Å². The Morgan fingerprint density at radius 2 is 1.93 bits per heavy atom. The number of carbonyl (C=O) groups excluding carboxylic acids is 1. The Labute approximate surface area is 77.3 Å². The summed E-state index contributed by atoms with van der Waals surface area (Å²) < 4.78 is 50.4. The maximum atomic E-state index is 12.8. The number of rotatable bonds is 3. The van der Waals surface area contributed by atoms with Crippen molar-refractivity contribution in [2.75, 3.05) is 0 Å². The van der Waals surface area contributed by atoms with Gasteiger partial charge < -0.3 is 0 Å². The van der Waals surface area contributed by atoms with E-state index < -0.39 is 35.8 Å². The van der Waals surface area contributed by atoms with E-state index >= 15 is 0 Å². The molecule has 0 saturated carbocycles. The van der Waals surface area contributed by atoms with Gasteiger partial charge in [-0.25, -0.2) is 8.78 Å². The van der Waals surface area contributed by atoms with Crippen LogP contribution in [0.5, 0.6) is 0 Å². The number of aldehydes is 1. The van der Waals surface area contributed by atoms with Gasteiger partial charge in [0.25, 0.3) is 0 Å². The normalized spacial score (nSPS) is 11.4. The van der Waals surface area contributed by atoms with Gasteiger partial charge in [0.2, 0.25) is 0 Å². The average Bonchev–Trinajstić information content (AvgIpc) is 2.13. The lowest BCUT2D eigenvalue weighted by molar-refractivity contribution is -0.128. The fraction of sp³-hybridized carbons (Fsp3) is 0.222. The molecule has 0 aliphatic rings. The Balaban J connectivity index is 2.98. The highest BCUT2D eigenvalue weighted by Crippen LogP contribution is 2.20. The molecule has 1 nitrogen and oxygen atoms in total. The monoisotopic (exact) mass is 206 g/mol. The lowest BCUT2D eigenvalue weighted by Crippen LogP contribution is -2.22. The molecular weight excluding hydrogens is 200 g/mol. The molecule has 0 unspecified atom stereocenters. The highest BCUT2D eigenvalue weighted by Gasteiger charge is 2.30.